The van der Waals surface area contributed by atoms with Gasteiger partial charge in [-0.3, -0.25) is 4.79 Å². The predicted octanol–water partition coefficient (Wildman–Crippen LogP) is 2.73. The van der Waals surface area contributed by atoms with Crippen LogP contribution in [0.4, 0.5) is 5.69 Å². The number of rotatable bonds is 7. The highest BCUT2D eigenvalue weighted by Gasteiger charge is 2.27. The largest absolute Gasteiger partial charge is 0.494 e. The fourth-order valence-corrected chi connectivity index (χ4v) is 4.76. The summed E-state index contributed by atoms with van der Waals surface area (Å²) in [7, 11) is 0.301. The fraction of sp³-hybridized carbons (Fsp3) is 0.409. The number of benzene rings is 2. The highest BCUT2D eigenvalue weighted by Crippen LogP contribution is 2.20. The summed E-state index contributed by atoms with van der Waals surface area (Å²) in [6, 6.07) is 13.7. The standard InChI is InChI=1S/C22H29N3O4S/c1-4-29-20-9-11-21(12-10-20)30(27,28)23-18-13-15-25(16-14-18)22(26)17-5-7-19(8-6-17)24(2)3/h5-12,18,23H,4,13-16H2,1-3H3. The van der Waals surface area contributed by atoms with Crippen molar-refractivity contribution in [2.45, 2.75) is 30.7 Å². The van der Waals surface area contributed by atoms with Gasteiger partial charge in [-0.05, 0) is 68.3 Å². The molecular formula is C22H29N3O4S. The topological polar surface area (TPSA) is 79.0 Å². The van der Waals surface area contributed by atoms with Gasteiger partial charge in [-0.25, -0.2) is 13.1 Å². The van der Waals surface area contributed by atoms with Gasteiger partial charge in [-0.15, -0.1) is 0 Å². The Balaban J connectivity index is 1.56. The molecule has 1 aliphatic heterocycles. The van der Waals surface area contributed by atoms with Crippen LogP contribution in [0.5, 0.6) is 5.75 Å². The Hall–Kier alpha value is -2.58. The zero-order chi connectivity index (χ0) is 21.7. The molecule has 0 bridgehead atoms. The summed E-state index contributed by atoms with van der Waals surface area (Å²) in [5, 5.41) is 0. The molecule has 2 aromatic carbocycles. The predicted molar refractivity (Wildman–Crippen MR) is 118 cm³/mol. The minimum absolute atomic E-state index is 0.0203. The number of piperidine rings is 1. The molecule has 1 N–H and O–H groups in total. The highest BCUT2D eigenvalue weighted by molar-refractivity contribution is 7.89. The van der Waals surface area contributed by atoms with E-state index in [4.69, 9.17) is 4.74 Å². The first-order chi connectivity index (χ1) is 14.3. The van der Waals surface area contributed by atoms with Crippen molar-refractivity contribution >= 4 is 21.6 Å². The lowest BCUT2D eigenvalue weighted by Gasteiger charge is -2.32. The molecule has 0 aromatic heterocycles. The average Bonchev–Trinajstić information content (AvgIpc) is 2.74. The highest BCUT2D eigenvalue weighted by atomic mass is 32.2. The third kappa shape index (κ3) is 5.31. The van der Waals surface area contributed by atoms with Crippen molar-refractivity contribution in [1.29, 1.82) is 0 Å². The monoisotopic (exact) mass is 431 g/mol. The number of nitrogens with zero attached hydrogens (tertiary/aromatic N) is 2. The van der Waals surface area contributed by atoms with E-state index in [9.17, 15) is 13.2 Å². The van der Waals surface area contributed by atoms with Gasteiger partial charge in [0.15, 0.2) is 0 Å². The Morgan fingerprint density at radius 2 is 1.67 bits per heavy atom. The van der Waals surface area contributed by atoms with Gasteiger partial charge in [0.25, 0.3) is 5.91 Å². The summed E-state index contributed by atoms with van der Waals surface area (Å²) in [4.78, 5) is 16.7. The van der Waals surface area contributed by atoms with E-state index in [0.29, 0.717) is 43.9 Å². The van der Waals surface area contributed by atoms with Crippen molar-refractivity contribution < 1.29 is 17.9 Å². The Morgan fingerprint density at radius 3 is 2.20 bits per heavy atom. The summed E-state index contributed by atoms with van der Waals surface area (Å²) >= 11 is 0. The number of sulfonamides is 1. The van der Waals surface area contributed by atoms with Crippen LogP contribution in [0.2, 0.25) is 0 Å². The van der Waals surface area contributed by atoms with Crippen molar-refractivity contribution in [1.82, 2.24) is 9.62 Å². The van der Waals surface area contributed by atoms with Crippen LogP contribution >= 0.6 is 0 Å². The number of likely N-dealkylation sites (tertiary alicyclic amines) is 1. The Bertz CT molecular complexity index is 949. The van der Waals surface area contributed by atoms with Gasteiger partial charge in [0.05, 0.1) is 11.5 Å². The molecule has 1 heterocycles. The van der Waals surface area contributed by atoms with Crippen LogP contribution in [-0.4, -0.2) is 59.1 Å². The van der Waals surface area contributed by atoms with Gasteiger partial charge in [0.2, 0.25) is 10.0 Å². The minimum Gasteiger partial charge on any atom is -0.494 e. The van der Waals surface area contributed by atoms with E-state index >= 15 is 0 Å². The number of anilines is 1. The molecule has 1 saturated heterocycles. The second kappa shape index (κ2) is 9.49. The van der Waals surface area contributed by atoms with Crippen LogP contribution in [0.25, 0.3) is 0 Å². The van der Waals surface area contributed by atoms with Crippen LogP contribution in [0.3, 0.4) is 0 Å². The van der Waals surface area contributed by atoms with E-state index in [2.05, 4.69) is 4.72 Å². The molecule has 0 saturated carbocycles. The molecule has 1 aliphatic rings. The maximum atomic E-state index is 12.7. The normalized spacial score (nSPS) is 15.1. The summed E-state index contributed by atoms with van der Waals surface area (Å²) in [6.07, 6.45) is 1.16. The smallest absolute Gasteiger partial charge is 0.253 e. The number of nitrogens with one attached hydrogen (secondary N) is 1. The van der Waals surface area contributed by atoms with Crippen molar-refractivity contribution in [3.63, 3.8) is 0 Å². The molecule has 0 spiro atoms. The lowest BCUT2D eigenvalue weighted by molar-refractivity contribution is 0.0711. The minimum atomic E-state index is -3.61. The van der Waals surface area contributed by atoms with E-state index in [1.807, 2.05) is 50.2 Å². The van der Waals surface area contributed by atoms with Crippen molar-refractivity contribution in [3.05, 3.63) is 54.1 Å². The molecule has 1 amide bonds. The van der Waals surface area contributed by atoms with Crippen LogP contribution in [0.1, 0.15) is 30.1 Å². The number of ether oxygens (including phenoxy) is 1. The zero-order valence-corrected chi connectivity index (χ0v) is 18.5. The van der Waals surface area contributed by atoms with Crippen molar-refractivity contribution in [2.75, 3.05) is 38.7 Å². The Morgan fingerprint density at radius 1 is 1.07 bits per heavy atom. The summed E-state index contributed by atoms with van der Waals surface area (Å²) in [5.41, 5.74) is 1.68. The number of hydrogen-bond acceptors (Lipinski definition) is 5. The molecule has 2 aromatic rings. The number of hydrogen-bond donors (Lipinski definition) is 1. The van der Waals surface area contributed by atoms with Gasteiger partial charge in [0, 0.05) is 44.5 Å². The maximum absolute atomic E-state index is 12.7. The van der Waals surface area contributed by atoms with Crippen molar-refractivity contribution in [2.24, 2.45) is 0 Å². The fourth-order valence-electron chi connectivity index (χ4n) is 3.45. The third-order valence-corrected chi connectivity index (χ3v) is 6.72. The molecule has 0 radical (unpaired) electrons. The first-order valence-electron chi connectivity index (χ1n) is 10.1. The van der Waals surface area contributed by atoms with Gasteiger partial charge >= 0.3 is 0 Å². The number of carbonyl (C=O) groups excluding carboxylic acids is 1. The van der Waals surface area contributed by atoms with E-state index in [1.54, 1.807) is 29.2 Å². The lowest BCUT2D eigenvalue weighted by atomic mass is 10.0. The molecule has 0 unspecified atom stereocenters. The first-order valence-corrected chi connectivity index (χ1v) is 11.6. The zero-order valence-electron chi connectivity index (χ0n) is 17.7. The molecule has 162 valence electrons. The molecule has 30 heavy (non-hydrogen) atoms. The van der Waals surface area contributed by atoms with Gasteiger partial charge < -0.3 is 14.5 Å². The van der Waals surface area contributed by atoms with E-state index < -0.39 is 10.0 Å². The van der Waals surface area contributed by atoms with Crippen LogP contribution < -0.4 is 14.4 Å². The van der Waals surface area contributed by atoms with Gasteiger partial charge in [0.1, 0.15) is 5.75 Å². The van der Waals surface area contributed by atoms with Crippen molar-refractivity contribution in [3.8, 4) is 5.75 Å². The van der Waals surface area contributed by atoms with E-state index in [1.165, 1.54) is 0 Å². The number of carbonyl (C=O) groups is 1. The summed E-state index contributed by atoms with van der Waals surface area (Å²) in [6.45, 7) is 3.44. The van der Waals surface area contributed by atoms with Gasteiger partial charge in [-0.1, -0.05) is 0 Å². The molecule has 0 aliphatic carbocycles. The van der Waals surface area contributed by atoms with Crippen LogP contribution in [0.15, 0.2) is 53.4 Å². The molecule has 3 rings (SSSR count). The molecule has 7 nitrogen and oxygen atoms in total. The lowest BCUT2D eigenvalue weighted by Crippen LogP contribution is -2.46. The Labute approximate surface area is 178 Å². The quantitative estimate of drug-likeness (QED) is 0.729. The summed E-state index contributed by atoms with van der Waals surface area (Å²) < 4.78 is 33.4. The van der Waals surface area contributed by atoms with Crippen LogP contribution in [-0.2, 0) is 10.0 Å². The SMILES string of the molecule is CCOc1ccc(S(=O)(=O)NC2CCN(C(=O)c3ccc(N(C)C)cc3)CC2)cc1. The van der Waals surface area contributed by atoms with E-state index in [-0.39, 0.29) is 16.8 Å². The van der Waals surface area contributed by atoms with Crippen LogP contribution in [0, 0.1) is 0 Å². The molecule has 8 heteroatoms. The number of amides is 1. The average molecular weight is 432 g/mol. The van der Waals surface area contributed by atoms with Gasteiger partial charge in [-0.2, -0.15) is 0 Å². The maximum Gasteiger partial charge on any atom is 0.253 e. The third-order valence-electron chi connectivity index (χ3n) is 5.18. The molecular weight excluding hydrogens is 402 g/mol. The second-order valence-corrected chi connectivity index (χ2v) is 9.25. The Kier molecular flexibility index (Phi) is 6.99. The summed E-state index contributed by atoms with van der Waals surface area (Å²) in [5.74, 6) is 0.620. The molecule has 0 atom stereocenters. The van der Waals surface area contributed by atoms with E-state index in [0.717, 1.165) is 5.69 Å². The molecule has 1 fully saturated rings. The first kappa shape index (κ1) is 22.1. The second-order valence-electron chi connectivity index (χ2n) is 7.53.